The van der Waals surface area contributed by atoms with E-state index >= 15 is 0 Å². The third-order valence-electron chi connectivity index (χ3n) is 2.18. The maximum Gasteiger partial charge on any atom is 0.148 e. The van der Waals surface area contributed by atoms with Crippen molar-refractivity contribution < 1.29 is 8.42 Å². The van der Waals surface area contributed by atoms with Crippen molar-refractivity contribution in [2.45, 2.75) is 19.4 Å². The Morgan fingerprint density at radius 1 is 1.50 bits per heavy atom. The average Bonchev–Trinajstić information content (AvgIpc) is 2.16. The van der Waals surface area contributed by atoms with Crippen molar-refractivity contribution in [3.63, 3.8) is 0 Å². The summed E-state index contributed by atoms with van der Waals surface area (Å²) in [6.45, 7) is 2.65. The molecular weight excluding hydrogens is 224 g/mol. The fraction of sp³-hybridized carbons (Fsp3) is 0.545. The van der Waals surface area contributed by atoms with Gasteiger partial charge in [-0.15, -0.1) is 0 Å². The van der Waals surface area contributed by atoms with Crippen molar-refractivity contribution >= 4 is 9.84 Å². The van der Waals surface area contributed by atoms with Crippen LogP contribution in [-0.2, 0) is 16.3 Å². The third-order valence-corrected chi connectivity index (χ3v) is 3.29. The third kappa shape index (κ3) is 5.82. The molecule has 0 saturated carbocycles. The molecule has 1 heterocycles. The standard InChI is InChI=1S/C11H18N2O2S/c1-10(9-16(2,14)15)13-7-5-11-4-3-6-12-8-11/h3-4,6,8,10,13H,5,7,9H2,1-2H3. The summed E-state index contributed by atoms with van der Waals surface area (Å²) in [5.41, 5.74) is 1.15. The van der Waals surface area contributed by atoms with Gasteiger partial charge in [-0.25, -0.2) is 8.42 Å². The number of sulfone groups is 1. The van der Waals surface area contributed by atoms with Crippen LogP contribution in [0.2, 0.25) is 0 Å². The van der Waals surface area contributed by atoms with E-state index in [9.17, 15) is 8.42 Å². The van der Waals surface area contributed by atoms with Crippen LogP contribution in [0.15, 0.2) is 24.5 Å². The van der Waals surface area contributed by atoms with Crippen molar-refractivity contribution in [2.24, 2.45) is 0 Å². The Balaban J connectivity index is 2.26. The van der Waals surface area contributed by atoms with Gasteiger partial charge >= 0.3 is 0 Å². The van der Waals surface area contributed by atoms with Crippen LogP contribution in [0.3, 0.4) is 0 Å². The molecule has 0 aromatic carbocycles. The smallest absolute Gasteiger partial charge is 0.148 e. The molecule has 0 aliphatic rings. The van der Waals surface area contributed by atoms with Crippen LogP contribution in [0.1, 0.15) is 12.5 Å². The second-order valence-corrected chi connectivity index (χ2v) is 6.24. The summed E-state index contributed by atoms with van der Waals surface area (Å²) >= 11 is 0. The summed E-state index contributed by atoms with van der Waals surface area (Å²) in [6.07, 6.45) is 5.68. The molecule has 0 amide bonds. The molecule has 0 spiro atoms. The highest BCUT2D eigenvalue weighted by Gasteiger charge is 2.09. The minimum Gasteiger partial charge on any atom is -0.313 e. The van der Waals surface area contributed by atoms with Gasteiger partial charge in [0.1, 0.15) is 9.84 Å². The molecule has 1 unspecified atom stereocenters. The molecule has 4 nitrogen and oxygen atoms in total. The lowest BCUT2D eigenvalue weighted by Gasteiger charge is -2.12. The quantitative estimate of drug-likeness (QED) is 0.795. The number of aromatic nitrogens is 1. The first-order valence-corrected chi connectivity index (χ1v) is 7.33. The van der Waals surface area contributed by atoms with E-state index in [-0.39, 0.29) is 11.8 Å². The summed E-state index contributed by atoms with van der Waals surface area (Å²) in [5, 5.41) is 3.18. The average molecular weight is 242 g/mol. The largest absolute Gasteiger partial charge is 0.313 e. The molecular formula is C11H18N2O2S. The molecule has 1 N–H and O–H groups in total. The fourth-order valence-electron chi connectivity index (χ4n) is 1.52. The van der Waals surface area contributed by atoms with Gasteiger partial charge in [-0.05, 0) is 31.5 Å². The molecule has 1 rings (SSSR count). The zero-order valence-electron chi connectivity index (χ0n) is 9.68. The van der Waals surface area contributed by atoms with E-state index in [0.29, 0.717) is 0 Å². The monoisotopic (exact) mass is 242 g/mol. The van der Waals surface area contributed by atoms with Gasteiger partial charge in [0.15, 0.2) is 0 Å². The molecule has 0 bridgehead atoms. The van der Waals surface area contributed by atoms with Crippen molar-refractivity contribution in [3.8, 4) is 0 Å². The maximum atomic E-state index is 11.0. The van der Waals surface area contributed by atoms with E-state index in [0.717, 1.165) is 18.5 Å². The van der Waals surface area contributed by atoms with Crippen molar-refractivity contribution in [1.29, 1.82) is 0 Å². The number of pyridine rings is 1. The molecule has 0 aliphatic heterocycles. The van der Waals surface area contributed by atoms with Crippen molar-refractivity contribution in [3.05, 3.63) is 30.1 Å². The van der Waals surface area contributed by atoms with Crippen LogP contribution >= 0.6 is 0 Å². The van der Waals surface area contributed by atoms with Crippen LogP contribution in [0, 0.1) is 0 Å². The zero-order valence-corrected chi connectivity index (χ0v) is 10.5. The minimum atomic E-state index is -2.89. The Morgan fingerprint density at radius 2 is 2.25 bits per heavy atom. The molecule has 0 radical (unpaired) electrons. The lowest BCUT2D eigenvalue weighted by molar-refractivity contribution is 0.561. The number of hydrogen-bond donors (Lipinski definition) is 1. The normalized spacial score (nSPS) is 13.6. The van der Waals surface area contributed by atoms with E-state index in [4.69, 9.17) is 0 Å². The summed E-state index contributed by atoms with van der Waals surface area (Å²) in [4.78, 5) is 4.02. The number of nitrogens with zero attached hydrogens (tertiary/aromatic N) is 1. The van der Waals surface area contributed by atoms with E-state index < -0.39 is 9.84 Å². The molecule has 0 aliphatic carbocycles. The molecule has 0 saturated heterocycles. The Bertz CT molecular complexity index is 403. The number of rotatable bonds is 6. The van der Waals surface area contributed by atoms with Gasteiger partial charge < -0.3 is 5.32 Å². The summed E-state index contributed by atoms with van der Waals surface area (Å²) in [5.74, 6) is 0.181. The highest BCUT2D eigenvalue weighted by atomic mass is 32.2. The summed E-state index contributed by atoms with van der Waals surface area (Å²) in [7, 11) is -2.89. The molecule has 1 aromatic heterocycles. The molecule has 1 aromatic rings. The lowest BCUT2D eigenvalue weighted by Crippen LogP contribution is -2.34. The molecule has 16 heavy (non-hydrogen) atoms. The highest BCUT2D eigenvalue weighted by molar-refractivity contribution is 7.90. The first-order valence-electron chi connectivity index (χ1n) is 5.27. The van der Waals surface area contributed by atoms with Crippen LogP contribution < -0.4 is 5.32 Å². The maximum absolute atomic E-state index is 11.0. The van der Waals surface area contributed by atoms with Crippen LogP contribution in [0.5, 0.6) is 0 Å². The van der Waals surface area contributed by atoms with Gasteiger partial charge in [-0.1, -0.05) is 6.07 Å². The Hall–Kier alpha value is -0.940. The zero-order chi connectivity index (χ0) is 12.0. The van der Waals surface area contributed by atoms with E-state index in [2.05, 4.69) is 10.3 Å². The van der Waals surface area contributed by atoms with Gasteiger partial charge in [0.2, 0.25) is 0 Å². The molecule has 1 atom stereocenters. The second kappa shape index (κ2) is 5.96. The Kier molecular flexibility index (Phi) is 4.89. The second-order valence-electron chi connectivity index (χ2n) is 4.06. The van der Waals surface area contributed by atoms with E-state index in [1.807, 2.05) is 25.3 Å². The van der Waals surface area contributed by atoms with E-state index in [1.165, 1.54) is 6.26 Å². The van der Waals surface area contributed by atoms with Gasteiger partial charge in [0.25, 0.3) is 0 Å². The Labute approximate surface area is 97.0 Å². The van der Waals surface area contributed by atoms with Crippen LogP contribution in [0.25, 0.3) is 0 Å². The minimum absolute atomic E-state index is 0.00771. The van der Waals surface area contributed by atoms with Gasteiger partial charge in [-0.2, -0.15) is 0 Å². The van der Waals surface area contributed by atoms with Gasteiger partial charge in [0.05, 0.1) is 5.75 Å². The predicted molar refractivity (Wildman–Crippen MR) is 65.1 cm³/mol. The Morgan fingerprint density at radius 3 is 2.81 bits per heavy atom. The summed E-state index contributed by atoms with van der Waals surface area (Å²) in [6, 6.07) is 3.90. The molecule has 5 heteroatoms. The first-order chi connectivity index (χ1) is 7.47. The van der Waals surface area contributed by atoms with Crippen molar-refractivity contribution in [2.75, 3.05) is 18.6 Å². The van der Waals surface area contributed by atoms with Crippen LogP contribution in [-0.4, -0.2) is 38.0 Å². The van der Waals surface area contributed by atoms with Gasteiger partial charge in [-0.3, -0.25) is 4.98 Å². The highest BCUT2D eigenvalue weighted by Crippen LogP contribution is 1.96. The molecule has 0 fully saturated rings. The van der Waals surface area contributed by atoms with Crippen molar-refractivity contribution in [1.82, 2.24) is 10.3 Å². The summed E-state index contributed by atoms with van der Waals surface area (Å²) < 4.78 is 22.0. The predicted octanol–water partition coefficient (Wildman–Crippen LogP) is 0.647. The fourth-order valence-corrected chi connectivity index (χ4v) is 2.55. The number of nitrogens with one attached hydrogen (secondary N) is 1. The number of hydrogen-bond acceptors (Lipinski definition) is 4. The first kappa shape index (κ1) is 13.1. The van der Waals surface area contributed by atoms with Crippen LogP contribution in [0.4, 0.5) is 0 Å². The lowest BCUT2D eigenvalue weighted by atomic mass is 10.2. The molecule has 90 valence electrons. The topological polar surface area (TPSA) is 59.1 Å². The van der Waals surface area contributed by atoms with Gasteiger partial charge in [0, 0.05) is 24.7 Å². The van der Waals surface area contributed by atoms with E-state index in [1.54, 1.807) is 6.20 Å². The SMILES string of the molecule is CC(CS(C)(=O)=O)NCCc1cccnc1.